The lowest BCUT2D eigenvalue weighted by Crippen LogP contribution is -2.63. The standard InChI is InChI=1S/C21H27N3O9S/c1-19(2,3)33-18(27)23(17(25)26)16-20(4,5)34(30,31)15-9-10-32-14-8-7-12(24(28)29)11-13(14)21(15,6)22-16/h7-8,11,15H,9-10H2,1-6H3,(H,25,26)/t15-,21-/m1/s1. The highest BCUT2D eigenvalue weighted by atomic mass is 32.2. The Hall–Kier alpha value is -3.22. The monoisotopic (exact) mass is 497 g/mol. The van der Waals surface area contributed by atoms with Crippen LogP contribution >= 0.6 is 0 Å². The van der Waals surface area contributed by atoms with E-state index in [-0.39, 0.29) is 34.9 Å². The van der Waals surface area contributed by atoms with Crippen molar-refractivity contribution in [2.24, 2.45) is 4.99 Å². The number of benzene rings is 1. The summed E-state index contributed by atoms with van der Waals surface area (Å²) in [4.78, 5) is 40.5. The summed E-state index contributed by atoms with van der Waals surface area (Å²) in [5, 5.41) is 20.1. The minimum Gasteiger partial charge on any atom is -0.493 e. The van der Waals surface area contributed by atoms with E-state index >= 15 is 0 Å². The lowest BCUT2D eigenvalue weighted by Gasteiger charge is -2.45. The van der Waals surface area contributed by atoms with Gasteiger partial charge < -0.3 is 14.6 Å². The fourth-order valence-corrected chi connectivity index (χ4v) is 6.49. The molecule has 13 heteroatoms. The second-order valence-corrected chi connectivity index (χ2v) is 12.5. The van der Waals surface area contributed by atoms with Crippen LogP contribution in [0.25, 0.3) is 0 Å². The van der Waals surface area contributed by atoms with E-state index in [1.807, 2.05) is 0 Å². The van der Waals surface area contributed by atoms with E-state index in [2.05, 4.69) is 4.99 Å². The van der Waals surface area contributed by atoms with E-state index in [0.29, 0.717) is 0 Å². The molecule has 0 aromatic heterocycles. The maximum absolute atomic E-state index is 13.9. The molecule has 0 fully saturated rings. The largest absolute Gasteiger partial charge is 0.493 e. The van der Waals surface area contributed by atoms with Crippen LogP contribution in [0.15, 0.2) is 23.2 Å². The average molecular weight is 498 g/mol. The average Bonchev–Trinajstić information content (AvgIpc) is 2.81. The number of carboxylic acid groups (broad SMARTS) is 1. The zero-order valence-electron chi connectivity index (χ0n) is 19.7. The van der Waals surface area contributed by atoms with Gasteiger partial charge in [-0.3, -0.25) is 15.1 Å². The molecule has 2 aliphatic heterocycles. The van der Waals surface area contributed by atoms with Crippen LogP contribution in [-0.2, 0) is 20.1 Å². The number of fused-ring (bicyclic) bond motifs is 3. The quantitative estimate of drug-likeness (QED) is 0.451. The number of nitro groups is 1. The van der Waals surface area contributed by atoms with Gasteiger partial charge in [0.2, 0.25) is 0 Å². The van der Waals surface area contributed by atoms with Gasteiger partial charge in [-0.2, -0.15) is 4.90 Å². The van der Waals surface area contributed by atoms with Crippen molar-refractivity contribution >= 4 is 33.5 Å². The molecule has 2 amide bonds. The highest BCUT2D eigenvalue weighted by molar-refractivity contribution is 7.94. The molecule has 1 aromatic carbocycles. The number of hydrogen-bond donors (Lipinski definition) is 1. The van der Waals surface area contributed by atoms with Crippen LogP contribution in [0.1, 0.15) is 53.5 Å². The Balaban J connectivity index is 2.35. The Kier molecular flexibility index (Phi) is 5.92. The van der Waals surface area contributed by atoms with Gasteiger partial charge in [-0.25, -0.2) is 18.0 Å². The number of sulfone groups is 1. The number of amides is 2. The lowest BCUT2D eigenvalue weighted by molar-refractivity contribution is -0.385. The maximum Gasteiger partial charge on any atom is 0.425 e. The van der Waals surface area contributed by atoms with Crippen molar-refractivity contribution in [3.8, 4) is 5.75 Å². The first-order valence-electron chi connectivity index (χ1n) is 10.4. The lowest BCUT2D eigenvalue weighted by atomic mass is 9.86. The van der Waals surface area contributed by atoms with Gasteiger partial charge in [0.25, 0.3) is 5.69 Å². The number of imide groups is 1. The van der Waals surface area contributed by atoms with Crippen molar-refractivity contribution in [2.45, 2.75) is 69.1 Å². The number of nitrogens with zero attached hydrogens (tertiary/aromatic N) is 3. The Bertz CT molecular complexity index is 1200. The van der Waals surface area contributed by atoms with E-state index in [4.69, 9.17) is 9.47 Å². The molecule has 2 atom stereocenters. The second-order valence-electron chi connectivity index (χ2n) is 9.80. The topological polar surface area (TPSA) is 166 Å². The molecule has 0 saturated carbocycles. The first kappa shape index (κ1) is 25.4. The van der Waals surface area contributed by atoms with Crippen LogP contribution < -0.4 is 4.74 Å². The van der Waals surface area contributed by atoms with Crippen LogP contribution in [0.2, 0.25) is 0 Å². The number of carbonyl (C=O) groups is 2. The van der Waals surface area contributed by atoms with Crippen molar-refractivity contribution in [1.82, 2.24) is 4.90 Å². The molecular weight excluding hydrogens is 470 g/mol. The number of aliphatic imine (C=N–C) groups is 1. The molecule has 12 nitrogen and oxygen atoms in total. The third kappa shape index (κ3) is 3.97. The fraction of sp³-hybridized carbons (Fsp3) is 0.571. The Morgan fingerprint density at radius 3 is 2.44 bits per heavy atom. The number of ether oxygens (including phenoxy) is 2. The summed E-state index contributed by atoms with van der Waals surface area (Å²) in [6, 6.07) is 3.74. The molecule has 0 saturated heterocycles. The van der Waals surface area contributed by atoms with Gasteiger partial charge in [0.1, 0.15) is 27.5 Å². The van der Waals surface area contributed by atoms with Gasteiger partial charge in [0, 0.05) is 24.1 Å². The number of carbonyl (C=O) groups excluding carboxylic acids is 1. The second kappa shape index (κ2) is 7.93. The number of amidine groups is 1. The first-order chi connectivity index (χ1) is 15.4. The summed E-state index contributed by atoms with van der Waals surface area (Å²) in [7, 11) is -4.22. The van der Waals surface area contributed by atoms with Gasteiger partial charge in [-0.15, -0.1) is 0 Å². The van der Waals surface area contributed by atoms with Crippen molar-refractivity contribution in [2.75, 3.05) is 6.61 Å². The molecule has 2 heterocycles. The van der Waals surface area contributed by atoms with Gasteiger partial charge in [0.05, 0.1) is 16.8 Å². The Morgan fingerprint density at radius 1 is 1.29 bits per heavy atom. The van der Waals surface area contributed by atoms with Crippen LogP contribution in [0.3, 0.4) is 0 Å². The van der Waals surface area contributed by atoms with Crippen molar-refractivity contribution < 1.29 is 37.5 Å². The van der Waals surface area contributed by atoms with Gasteiger partial charge in [0.15, 0.2) is 9.84 Å². The molecule has 0 unspecified atom stereocenters. The Morgan fingerprint density at radius 2 is 1.91 bits per heavy atom. The summed E-state index contributed by atoms with van der Waals surface area (Å²) < 4.78 is 36.7. The van der Waals surface area contributed by atoms with Crippen molar-refractivity contribution in [1.29, 1.82) is 0 Å². The maximum atomic E-state index is 13.9. The summed E-state index contributed by atoms with van der Waals surface area (Å²) >= 11 is 0. The molecule has 0 spiro atoms. The third-order valence-corrected chi connectivity index (χ3v) is 8.97. The van der Waals surface area contributed by atoms with Crippen molar-refractivity contribution in [3.05, 3.63) is 33.9 Å². The zero-order valence-corrected chi connectivity index (χ0v) is 20.5. The highest BCUT2D eigenvalue weighted by Crippen LogP contribution is 2.49. The van der Waals surface area contributed by atoms with Crippen LogP contribution in [0.4, 0.5) is 15.3 Å². The molecule has 0 aliphatic carbocycles. The molecule has 1 N–H and O–H groups in total. The van der Waals surface area contributed by atoms with E-state index in [1.165, 1.54) is 59.7 Å². The summed E-state index contributed by atoms with van der Waals surface area (Å²) in [6.45, 7) is 8.57. The minimum absolute atomic E-state index is 0.0000579. The van der Waals surface area contributed by atoms with E-state index in [1.54, 1.807) is 0 Å². The SMILES string of the molecule is CC(C)(C)OC(=O)N(C(=O)O)C1=N[C@]2(C)c3cc([N+](=O)[O-])ccc3OCC[C@H]2S(=O)(=O)C1(C)C. The van der Waals surface area contributed by atoms with Crippen molar-refractivity contribution in [3.63, 3.8) is 0 Å². The molecule has 2 aliphatic rings. The van der Waals surface area contributed by atoms with Crippen LogP contribution in [0, 0.1) is 10.1 Å². The highest BCUT2D eigenvalue weighted by Gasteiger charge is 2.61. The summed E-state index contributed by atoms with van der Waals surface area (Å²) in [5.41, 5.74) is -2.96. The van der Waals surface area contributed by atoms with Crippen LogP contribution in [-0.4, -0.2) is 63.6 Å². The smallest absolute Gasteiger partial charge is 0.425 e. The predicted molar refractivity (Wildman–Crippen MR) is 121 cm³/mol. The fourth-order valence-electron chi connectivity index (χ4n) is 4.19. The number of hydrogen-bond acceptors (Lipinski definition) is 9. The number of rotatable bonds is 1. The van der Waals surface area contributed by atoms with Crippen LogP contribution in [0.5, 0.6) is 5.75 Å². The first-order valence-corrected chi connectivity index (χ1v) is 12.0. The zero-order chi connectivity index (χ0) is 25.9. The Labute approximate surface area is 196 Å². The third-order valence-electron chi connectivity index (χ3n) is 5.93. The molecule has 0 radical (unpaired) electrons. The number of nitro benzene ring substituents is 1. The molecule has 186 valence electrons. The summed E-state index contributed by atoms with van der Waals surface area (Å²) in [6.07, 6.45) is -3.09. The van der Waals surface area contributed by atoms with Gasteiger partial charge >= 0.3 is 12.2 Å². The molecular formula is C21H27N3O9S. The molecule has 1 aromatic rings. The van der Waals surface area contributed by atoms with Gasteiger partial charge in [-0.05, 0) is 47.6 Å². The predicted octanol–water partition coefficient (Wildman–Crippen LogP) is 3.48. The molecule has 0 bridgehead atoms. The van der Waals surface area contributed by atoms with Gasteiger partial charge in [-0.1, -0.05) is 0 Å². The van der Waals surface area contributed by atoms with E-state index < -0.39 is 53.9 Å². The number of non-ortho nitro benzene ring substituents is 1. The molecule has 3 rings (SSSR count). The van der Waals surface area contributed by atoms with E-state index in [0.717, 1.165) is 0 Å². The van der Waals surface area contributed by atoms with E-state index in [9.17, 15) is 33.2 Å². The minimum atomic E-state index is -4.22. The summed E-state index contributed by atoms with van der Waals surface area (Å²) in [5.74, 6) is -0.375. The normalized spacial score (nSPS) is 24.9. The molecule has 34 heavy (non-hydrogen) atoms.